The number of hydrogen-bond acceptors (Lipinski definition) is 3. The highest BCUT2D eigenvalue weighted by molar-refractivity contribution is 7.98. The molecule has 1 saturated heterocycles. The van der Waals surface area contributed by atoms with E-state index in [9.17, 15) is 4.79 Å². The van der Waals surface area contributed by atoms with E-state index < -0.39 is 0 Å². The Kier molecular flexibility index (Phi) is 6.40. The van der Waals surface area contributed by atoms with Gasteiger partial charge in [0.15, 0.2) is 0 Å². The van der Waals surface area contributed by atoms with Crippen molar-refractivity contribution in [2.75, 3.05) is 19.3 Å². The van der Waals surface area contributed by atoms with Gasteiger partial charge in [-0.25, -0.2) is 0 Å². The summed E-state index contributed by atoms with van der Waals surface area (Å²) in [5.74, 6) is 0.903. The Hall–Kier alpha value is -1.00. The van der Waals surface area contributed by atoms with Gasteiger partial charge in [0.25, 0.3) is 0 Å². The minimum Gasteiger partial charge on any atom is -0.352 e. The first kappa shape index (κ1) is 15.4. The van der Waals surface area contributed by atoms with Gasteiger partial charge in [0.2, 0.25) is 5.91 Å². The summed E-state index contributed by atoms with van der Waals surface area (Å²) in [4.78, 5) is 13.1. The Morgan fingerprint density at radius 1 is 1.30 bits per heavy atom. The van der Waals surface area contributed by atoms with Crippen LogP contribution in [0.2, 0.25) is 0 Å². The first-order valence-corrected chi connectivity index (χ1v) is 8.61. The van der Waals surface area contributed by atoms with Gasteiger partial charge >= 0.3 is 0 Å². The van der Waals surface area contributed by atoms with Crippen molar-refractivity contribution in [2.24, 2.45) is 5.92 Å². The van der Waals surface area contributed by atoms with Crippen LogP contribution in [0.4, 0.5) is 0 Å². The lowest BCUT2D eigenvalue weighted by atomic mass is 9.93. The average Bonchev–Trinajstić information content (AvgIpc) is 2.52. The summed E-state index contributed by atoms with van der Waals surface area (Å²) < 4.78 is 0. The van der Waals surface area contributed by atoms with Gasteiger partial charge in [0.05, 0.1) is 0 Å². The molecule has 1 aliphatic rings. The van der Waals surface area contributed by atoms with Crippen molar-refractivity contribution < 1.29 is 4.79 Å². The zero-order chi connectivity index (χ0) is 14.2. The van der Waals surface area contributed by atoms with Crippen molar-refractivity contribution in [1.82, 2.24) is 10.6 Å². The van der Waals surface area contributed by atoms with Crippen molar-refractivity contribution in [2.45, 2.75) is 37.1 Å². The highest BCUT2D eigenvalue weighted by Gasteiger charge is 2.14. The molecule has 2 rings (SSSR count). The maximum absolute atomic E-state index is 11.9. The fourth-order valence-corrected chi connectivity index (χ4v) is 2.95. The Labute approximate surface area is 125 Å². The predicted molar refractivity (Wildman–Crippen MR) is 84.9 cm³/mol. The maximum atomic E-state index is 11.9. The van der Waals surface area contributed by atoms with Gasteiger partial charge in [0, 0.05) is 17.9 Å². The second kappa shape index (κ2) is 8.32. The third-order valence-electron chi connectivity index (χ3n) is 3.89. The molecule has 0 spiro atoms. The topological polar surface area (TPSA) is 41.1 Å². The van der Waals surface area contributed by atoms with Crippen LogP contribution in [0.25, 0.3) is 0 Å². The number of nitrogens with one attached hydrogen (secondary N) is 2. The van der Waals surface area contributed by atoms with Crippen LogP contribution < -0.4 is 10.6 Å². The molecule has 0 atom stereocenters. The standard InChI is InChI=1S/C16H24N2OS/c1-20-15-5-2-14(3-6-15)12-18-16(19)7-4-13-8-10-17-11-9-13/h2-3,5-6,13,17H,4,7-12H2,1H3,(H,18,19). The molecular weight excluding hydrogens is 268 g/mol. The lowest BCUT2D eigenvalue weighted by Gasteiger charge is -2.22. The SMILES string of the molecule is CSc1ccc(CNC(=O)CCC2CCNCC2)cc1. The predicted octanol–water partition coefficient (Wildman–Crippen LogP) is 2.80. The summed E-state index contributed by atoms with van der Waals surface area (Å²) in [5.41, 5.74) is 1.16. The fraction of sp³-hybridized carbons (Fsp3) is 0.562. The zero-order valence-electron chi connectivity index (χ0n) is 12.2. The van der Waals surface area contributed by atoms with Crippen LogP contribution in [0, 0.1) is 5.92 Å². The lowest BCUT2D eigenvalue weighted by molar-refractivity contribution is -0.121. The Balaban J connectivity index is 1.66. The smallest absolute Gasteiger partial charge is 0.220 e. The molecule has 1 fully saturated rings. The number of carbonyl (C=O) groups is 1. The van der Waals surface area contributed by atoms with Gasteiger partial charge in [-0.05, 0) is 62.2 Å². The molecule has 1 aliphatic heterocycles. The molecule has 1 aromatic carbocycles. The van der Waals surface area contributed by atoms with Crippen LogP contribution >= 0.6 is 11.8 Å². The summed E-state index contributed by atoms with van der Waals surface area (Å²) in [7, 11) is 0. The number of benzene rings is 1. The zero-order valence-corrected chi connectivity index (χ0v) is 13.0. The minimum atomic E-state index is 0.178. The molecule has 0 aliphatic carbocycles. The van der Waals surface area contributed by atoms with E-state index in [1.54, 1.807) is 11.8 Å². The third-order valence-corrected chi connectivity index (χ3v) is 4.63. The van der Waals surface area contributed by atoms with Crippen molar-refractivity contribution in [3.05, 3.63) is 29.8 Å². The molecule has 1 aromatic rings. The summed E-state index contributed by atoms with van der Waals surface area (Å²) in [5, 5.41) is 6.37. The first-order valence-electron chi connectivity index (χ1n) is 7.38. The summed E-state index contributed by atoms with van der Waals surface area (Å²) in [6.07, 6.45) is 6.18. The highest BCUT2D eigenvalue weighted by atomic mass is 32.2. The Morgan fingerprint density at radius 2 is 2.00 bits per heavy atom. The fourth-order valence-electron chi connectivity index (χ4n) is 2.54. The monoisotopic (exact) mass is 292 g/mol. The molecule has 2 N–H and O–H groups in total. The average molecular weight is 292 g/mol. The number of amides is 1. The number of rotatable bonds is 6. The van der Waals surface area contributed by atoms with E-state index in [0.717, 1.165) is 31.0 Å². The quantitative estimate of drug-likeness (QED) is 0.792. The van der Waals surface area contributed by atoms with Crippen LogP contribution in [0.15, 0.2) is 29.2 Å². The second-order valence-corrected chi connectivity index (χ2v) is 6.24. The molecule has 0 bridgehead atoms. The normalized spacial score (nSPS) is 16.1. The van der Waals surface area contributed by atoms with Gasteiger partial charge in [-0.2, -0.15) is 0 Å². The molecule has 0 radical (unpaired) electrons. The van der Waals surface area contributed by atoms with Crippen LogP contribution in [0.1, 0.15) is 31.2 Å². The number of hydrogen-bond donors (Lipinski definition) is 2. The van der Waals surface area contributed by atoms with Crippen LogP contribution in [0.5, 0.6) is 0 Å². The van der Waals surface area contributed by atoms with Gasteiger partial charge < -0.3 is 10.6 Å². The van der Waals surface area contributed by atoms with Gasteiger partial charge in [0.1, 0.15) is 0 Å². The van der Waals surface area contributed by atoms with Crippen molar-refractivity contribution in [3.8, 4) is 0 Å². The minimum absolute atomic E-state index is 0.178. The van der Waals surface area contributed by atoms with E-state index in [1.807, 2.05) is 0 Å². The lowest BCUT2D eigenvalue weighted by Crippen LogP contribution is -2.29. The number of piperidine rings is 1. The third kappa shape index (κ3) is 5.17. The van der Waals surface area contributed by atoms with E-state index in [4.69, 9.17) is 0 Å². The molecule has 3 nitrogen and oxygen atoms in total. The van der Waals surface area contributed by atoms with E-state index in [-0.39, 0.29) is 5.91 Å². The first-order chi connectivity index (χ1) is 9.78. The van der Waals surface area contributed by atoms with Gasteiger partial charge in [-0.3, -0.25) is 4.79 Å². The molecule has 0 aromatic heterocycles. The van der Waals surface area contributed by atoms with E-state index in [1.165, 1.54) is 17.7 Å². The van der Waals surface area contributed by atoms with Crippen molar-refractivity contribution in [3.63, 3.8) is 0 Å². The Bertz CT molecular complexity index is 413. The van der Waals surface area contributed by atoms with Crippen LogP contribution in [-0.2, 0) is 11.3 Å². The largest absolute Gasteiger partial charge is 0.352 e. The van der Waals surface area contributed by atoms with E-state index in [0.29, 0.717) is 13.0 Å². The van der Waals surface area contributed by atoms with Gasteiger partial charge in [-0.15, -0.1) is 11.8 Å². The second-order valence-electron chi connectivity index (χ2n) is 5.36. The molecule has 1 amide bonds. The summed E-state index contributed by atoms with van der Waals surface area (Å²) in [6, 6.07) is 8.36. The van der Waals surface area contributed by atoms with Crippen molar-refractivity contribution in [1.29, 1.82) is 0 Å². The van der Waals surface area contributed by atoms with Crippen LogP contribution in [-0.4, -0.2) is 25.3 Å². The number of carbonyl (C=O) groups excluding carboxylic acids is 1. The molecule has 1 heterocycles. The Morgan fingerprint density at radius 3 is 2.65 bits per heavy atom. The molecule has 4 heteroatoms. The van der Waals surface area contributed by atoms with Crippen molar-refractivity contribution >= 4 is 17.7 Å². The number of thioether (sulfide) groups is 1. The molecule has 20 heavy (non-hydrogen) atoms. The highest BCUT2D eigenvalue weighted by Crippen LogP contribution is 2.18. The molecule has 0 unspecified atom stereocenters. The summed E-state index contributed by atoms with van der Waals surface area (Å²) >= 11 is 1.73. The maximum Gasteiger partial charge on any atom is 0.220 e. The summed E-state index contributed by atoms with van der Waals surface area (Å²) in [6.45, 7) is 2.85. The molecular formula is C16H24N2OS. The molecule has 110 valence electrons. The molecule has 0 saturated carbocycles. The van der Waals surface area contributed by atoms with Gasteiger partial charge in [-0.1, -0.05) is 12.1 Å². The van der Waals surface area contributed by atoms with Crippen LogP contribution in [0.3, 0.4) is 0 Å². The van der Waals surface area contributed by atoms with E-state index >= 15 is 0 Å². The van der Waals surface area contributed by atoms with E-state index in [2.05, 4.69) is 41.2 Å².